The molecule has 0 amide bonds. The molecule has 4 saturated carbocycles. The minimum absolute atomic E-state index is 0.0877. The highest BCUT2D eigenvalue weighted by atomic mass is 32.3. The Bertz CT molecular complexity index is 673. The molecule has 0 saturated heterocycles. The monoisotopic (exact) mass is 370 g/mol. The predicted octanol–water partition coefficient (Wildman–Crippen LogP) is 3.79. The fourth-order valence-corrected chi connectivity index (χ4v) is 7.77. The second-order valence-electron chi connectivity index (χ2n) is 9.50. The lowest BCUT2D eigenvalue weighted by Gasteiger charge is -2.60. The standard InChI is InChI=1S/C19H30O5S/c1-18-9-7-13(24-25(21,22)23)11-12(18)3-4-14-15-5-6-17(20)19(15,2)10-8-16(14)18/h12-16H,3-11H2,1-2H3,(H,21,22,23)/t12-,13+,14+,15+,16-,18+,19+/m0/s1. The van der Waals surface area contributed by atoms with Crippen molar-refractivity contribution in [3.05, 3.63) is 0 Å². The summed E-state index contributed by atoms with van der Waals surface area (Å²) in [5.74, 6) is 2.76. The molecule has 4 fully saturated rings. The summed E-state index contributed by atoms with van der Waals surface area (Å²) in [7, 11) is -4.37. The summed E-state index contributed by atoms with van der Waals surface area (Å²) in [5, 5.41) is 0. The maximum atomic E-state index is 12.4. The molecule has 0 radical (unpaired) electrons. The van der Waals surface area contributed by atoms with Crippen LogP contribution in [0.5, 0.6) is 0 Å². The van der Waals surface area contributed by atoms with Crippen LogP contribution in [-0.4, -0.2) is 24.9 Å². The Labute approximate surface area is 150 Å². The smallest absolute Gasteiger partial charge is 0.299 e. The average molecular weight is 371 g/mol. The third-order valence-electron chi connectivity index (χ3n) is 8.58. The van der Waals surface area contributed by atoms with E-state index in [1.807, 2.05) is 0 Å². The molecular formula is C19H30O5S. The summed E-state index contributed by atoms with van der Waals surface area (Å²) in [6.07, 6.45) is 8.19. The van der Waals surface area contributed by atoms with E-state index in [1.54, 1.807) is 0 Å². The maximum Gasteiger partial charge on any atom is 0.397 e. The van der Waals surface area contributed by atoms with Crippen LogP contribution in [0.3, 0.4) is 0 Å². The molecule has 5 nitrogen and oxygen atoms in total. The highest BCUT2D eigenvalue weighted by Crippen LogP contribution is 2.65. The summed E-state index contributed by atoms with van der Waals surface area (Å²) in [6, 6.07) is 0. The molecule has 4 aliphatic carbocycles. The SMILES string of the molecule is C[C@@]12CC[C@@H](OS(=O)(=O)O)C[C@@H]1CC[C@@H]1[C@H]3CCC(=O)[C@]3(C)CC[C@@H]12. The van der Waals surface area contributed by atoms with Crippen molar-refractivity contribution in [2.24, 2.45) is 34.5 Å². The Morgan fingerprint density at radius 2 is 1.80 bits per heavy atom. The van der Waals surface area contributed by atoms with Crippen molar-refractivity contribution in [2.75, 3.05) is 0 Å². The summed E-state index contributed by atoms with van der Waals surface area (Å²) < 4.78 is 36.0. The van der Waals surface area contributed by atoms with Gasteiger partial charge in [-0.05, 0) is 80.5 Å². The highest BCUT2D eigenvalue weighted by Gasteiger charge is 2.60. The topological polar surface area (TPSA) is 80.7 Å². The largest absolute Gasteiger partial charge is 0.397 e. The van der Waals surface area contributed by atoms with Crippen molar-refractivity contribution in [3.8, 4) is 0 Å². The van der Waals surface area contributed by atoms with Crippen LogP contribution < -0.4 is 0 Å². The first kappa shape index (κ1) is 17.9. The van der Waals surface area contributed by atoms with Crippen molar-refractivity contribution >= 4 is 16.2 Å². The zero-order chi connectivity index (χ0) is 18.0. The van der Waals surface area contributed by atoms with Crippen LogP contribution in [-0.2, 0) is 19.4 Å². The van der Waals surface area contributed by atoms with E-state index in [2.05, 4.69) is 13.8 Å². The van der Waals surface area contributed by atoms with Crippen molar-refractivity contribution < 1.29 is 21.9 Å². The van der Waals surface area contributed by atoms with Gasteiger partial charge in [-0.1, -0.05) is 13.8 Å². The molecule has 0 aromatic heterocycles. The summed E-state index contributed by atoms with van der Waals surface area (Å²) in [5.41, 5.74) is 0.130. The van der Waals surface area contributed by atoms with E-state index in [9.17, 15) is 13.2 Å². The van der Waals surface area contributed by atoms with Crippen LogP contribution in [0.2, 0.25) is 0 Å². The van der Waals surface area contributed by atoms with Gasteiger partial charge in [0.15, 0.2) is 0 Å². The third kappa shape index (κ3) is 2.79. The molecule has 7 atom stereocenters. The van der Waals surface area contributed by atoms with Crippen LogP contribution in [0.25, 0.3) is 0 Å². The number of ketones is 1. The van der Waals surface area contributed by atoms with E-state index in [-0.39, 0.29) is 16.9 Å². The van der Waals surface area contributed by atoms with Gasteiger partial charge in [-0.25, -0.2) is 4.18 Å². The number of hydrogen-bond acceptors (Lipinski definition) is 4. The summed E-state index contributed by atoms with van der Waals surface area (Å²) >= 11 is 0. The van der Waals surface area contributed by atoms with Crippen LogP contribution in [0.15, 0.2) is 0 Å². The Kier molecular flexibility index (Phi) is 4.14. The van der Waals surface area contributed by atoms with E-state index in [1.165, 1.54) is 0 Å². The zero-order valence-electron chi connectivity index (χ0n) is 15.2. The molecule has 4 aliphatic rings. The van der Waals surface area contributed by atoms with Gasteiger partial charge in [-0.15, -0.1) is 0 Å². The first-order valence-electron chi connectivity index (χ1n) is 9.82. The van der Waals surface area contributed by atoms with Gasteiger partial charge in [0.2, 0.25) is 0 Å². The minimum atomic E-state index is -4.37. The second-order valence-corrected chi connectivity index (χ2v) is 10.5. The molecule has 6 heteroatoms. The second kappa shape index (κ2) is 5.77. The van der Waals surface area contributed by atoms with E-state index < -0.39 is 10.4 Å². The van der Waals surface area contributed by atoms with Gasteiger partial charge >= 0.3 is 10.4 Å². The lowest BCUT2D eigenvalue weighted by atomic mass is 9.45. The molecule has 25 heavy (non-hydrogen) atoms. The molecule has 4 rings (SSSR count). The van der Waals surface area contributed by atoms with Crippen LogP contribution >= 0.6 is 0 Å². The van der Waals surface area contributed by atoms with Gasteiger partial charge < -0.3 is 0 Å². The van der Waals surface area contributed by atoms with Crippen molar-refractivity contribution in [1.29, 1.82) is 0 Å². The van der Waals surface area contributed by atoms with E-state index in [0.717, 1.165) is 51.4 Å². The van der Waals surface area contributed by atoms with Crippen LogP contribution in [0.1, 0.15) is 71.6 Å². The average Bonchev–Trinajstić information content (AvgIpc) is 2.82. The van der Waals surface area contributed by atoms with Crippen molar-refractivity contribution in [3.63, 3.8) is 0 Å². The number of fused-ring (bicyclic) bond motifs is 5. The Hall–Kier alpha value is -0.460. The molecule has 0 bridgehead atoms. The molecule has 0 spiro atoms. The van der Waals surface area contributed by atoms with Crippen molar-refractivity contribution in [1.82, 2.24) is 0 Å². The van der Waals surface area contributed by atoms with Gasteiger partial charge in [0.05, 0.1) is 6.10 Å². The molecule has 0 aromatic carbocycles. The molecule has 0 heterocycles. The fraction of sp³-hybridized carbons (Fsp3) is 0.947. The molecule has 1 N–H and O–H groups in total. The highest BCUT2D eigenvalue weighted by molar-refractivity contribution is 7.80. The lowest BCUT2D eigenvalue weighted by Crippen LogP contribution is -2.54. The number of carbonyl (C=O) groups excluding carboxylic acids is 1. The van der Waals surface area contributed by atoms with Gasteiger partial charge in [-0.3, -0.25) is 9.35 Å². The van der Waals surface area contributed by atoms with E-state index >= 15 is 0 Å². The molecular weight excluding hydrogens is 340 g/mol. The lowest BCUT2D eigenvalue weighted by molar-refractivity contribution is -0.141. The summed E-state index contributed by atoms with van der Waals surface area (Å²) in [4.78, 5) is 12.4. The van der Waals surface area contributed by atoms with Gasteiger partial charge in [0.1, 0.15) is 5.78 Å². The molecule has 142 valence electrons. The Morgan fingerprint density at radius 1 is 1.04 bits per heavy atom. The first-order valence-corrected chi connectivity index (χ1v) is 11.2. The quantitative estimate of drug-likeness (QED) is 0.748. The Balaban J connectivity index is 1.54. The Morgan fingerprint density at radius 3 is 2.52 bits per heavy atom. The maximum absolute atomic E-state index is 12.4. The molecule has 0 aromatic rings. The molecule has 0 unspecified atom stereocenters. The van der Waals surface area contributed by atoms with Gasteiger partial charge in [-0.2, -0.15) is 8.42 Å². The predicted molar refractivity (Wildman–Crippen MR) is 93.2 cm³/mol. The molecule has 0 aliphatic heterocycles. The first-order chi connectivity index (χ1) is 11.6. The van der Waals surface area contributed by atoms with Gasteiger partial charge in [0.25, 0.3) is 0 Å². The number of carbonyl (C=O) groups is 1. The number of Topliss-reactive ketones (excluding diaryl/α,β-unsaturated/α-hetero) is 1. The zero-order valence-corrected chi connectivity index (χ0v) is 16.1. The normalized spacial score (nSPS) is 50.0. The van der Waals surface area contributed by atoms with Crippen molar-refractivity contribution in [2.45, 2.75) is 77.7 Å². The van der Waals surface area contributed by atoms with E-state index in [4.69, 9.17) is 8.74 Å². The van der Waals surface area contributed by atoms with Crippen LogP contribution in [0, 0.1) is 34.5 Å². The van der Waals surface area contributed by atoms with Crippen LogP contribution in [0.4, 0.5) is 0 Å². The third-order valence-corrected chi connectivity index (χ3v) is 9.10. The van der Waals surface area contributed by atoms with Gasteiger partial charge in [0, 0.05) is 11.8 Å². The van der Waals surface area contributed by atoms with E-state index in [0.29, 0.717) is 35.9 Å². The minimum Gasteiger partial charge on any atom is -0.299 e. The number of hydrogen-bond donors (Lipinski definition) is 1. The summed E-state index contributed by atoms with van der Waals surface area (Å²) in [6.45, 7) is 4.59. The number of rotatable bonds is 2. The fourth-order valence-electron chi connectivity index (χ4n) is 7.25.